The summed E-state index contributed by atoms with van der Waals surface area (Å²) in [6.07, 6.45) is -2.98. The molecule has 0 radical (unpaired) electrons. The van der Waals surface area contributed by atoms with Gasteiger partial charge in [-0.2, -0.15) is 13.2 Å². The average molecular weight is 337 g/mol. The second-order valence-electron chi connectivity index (χ2n) is 5.48. The number of nitrogens with two attached hydrogens (primary N) is 1. The van der Waals surface area contributed by atoms with Crippen LogP contribution in [0.15, 0.2) is 36.5 Å². The molecule has 3 rings (SSSR count). The quantitative estimate of drug-likeness (QED) is 0.883. The molecule has 3 N–H and O–H groups in total. The molecule has 24 heavy (non-hydrogen) atoms. The number of fused-ring (bicyclic) bond motifs is 1. The Bertz CT molecular complexity index is 777. The van der Waals surface area contributed by atoms with Gasteiger partial charge in [0.25, 0.3) is 5.91 Å². The Morgan fingerprint density at radius 1 is 1.29 bits per heavy atom. The molecule has 1 aromatic carbocycles. The molecule has 1 amide bonds. The van der Waals surface area contributed by atoms with Crippen molar-refractivity contribution in [1.29, 1.82) is 0 Å². The highest BCUT2D eigenvalue weighted by atomic mass is 19.4. The first-order valence-electron chi connectivity index (χ1n) is 7.19. The molecule has 2 aromatic rings. The Morgan fingerprint density at radius 2 is 2.08 bits per heavy atom. The van der Waals surface area contributed by atoms with Gasteiger partial charge in [-0.15, -0.1) is 0 Å². The van der Waals surface area contributed by atoms with E-state index in [1.54, 1.807) is 18.2 Å². The van der Waals surface area contributed by atoms with Crippen molar-refractivity contribution in [2.24, 2.45) is 5.73 Å². The molecule has 1 aliphatic rings. The van der Waals surface area contributed by atoms with E-state index in [2.05, 4.69) is 10.3 Å². The van der Waals surface area contributed by atoms with Crippen LogP contribution in [0, 0.1) is 0 Å². The van der Waals surface area contributed by atoms with Crippen molar-refractivity contribution in [3.63, 3.8) is 0 Å². The van der Waals surface area contributed by atoms with Crippen LogP contribution in [0.1, 0.15) is 21.6 Å². The smallest absolute Gasteiger partial charge is 0.433 e. The largest absolute Gasteiger partial charge is 0.492 e. The molecule has 1 aromatic heterocycles. The van der Waals surface area contributed by atoms with Crippen molar-refractivity contribution >= 4 is 11.6 Å². The summed E-state index contributed by atoms with van der Waals surface area (Å²) >= 11 is 0. The van der Waals surface area contributed by atoms with E-state index >= 15 is 0 Å². The number of alkyl halides is 3. The van der Waals surface area contributed by atoms with Gasteiger partial charge in [0.05, 0.1) is 0 Å². The van der Waals surface area contributed by atoms with Crippen LogP contribution in [0.25, 0.3) is 0 Å². The molecule has 0 bridgehead atoms. The van der Waals surface area contributed by atoms with Crippen LogP contribution < -0.4 is 15.8 Å². The van der Waals surface area contributed by atoms with E-state index in [0.717, 1.165) is 11.8 Å². The number of pyridine rings is 1. The van der Waals surface area contributed by atoms with Crippen molar-refractivity contribution < 1.29 is 22.7 Å². The maximum Gasteiger partial charge on any atom is 0.433 e. The van der Waals surface area contributed by atoms with E-state index in [9.17, 15) is 18.0 Å². The monoisotopic (exact) mass is 337 g/mol. The van der Waals surface area contributed by atoms with Gasteiger partial charge in [0, 0.05) is 29.6 Å². The van der Waals surface area contributed by atoms with Crippen LogP contribution in [0.4, 0.5) is 18.9 Å². The highest BCUT2D eigenvalue weighted by molar-refractivity contribution is 6.04. The number of ether oxygens (including phenoxy) is 1. The summed E-state index contributed by atoms with van der Waals surface area (Å²) in [5, 5.41) is 2.55. The normalized spacial score (nSPS) is 16.9. The van der Waals surface area contributed by atoms with E-state index in [0.29, 0.717) is 30.5 Å². The lowest BCUT2D eigenvalue weighted by atomic mass is 10.0. The van der Waals surface area contributed by atoms with Gasteiger partial charge in [-0.25, -0.2) is 0 Å². The maximum atomic E-state index is 12.7. The van der Waals surface area contributed by atoms with Crippen LogP contribution in [-0.4, -0.2) is 23.5 Å². The zero-order valence-electron chi connectivity index (χ0n) is 12.4. The van der Waals surface area contributed by atoms with Crippen molar-refractivity contribution in [3.05, 3.63) is 53.3 Å². The third-order valence-electron chi connectivity index (χ3n) is 3.57. The lowest BCUT2D eigenvalue weighted by Crippen LogP contribution is -2.33. The summed E-state index contributed by atoms with van der Waals surface area (Å²) in [5.41, 5.74) is 5.92. The number of halogens is 3. The molecular weight excluding hydrogens is 323 g/mol. The summed E-state index contributed by atoms with van der Waals surface area (Å²) < 4.78 is 43.5. The zero-order valence-corrected chi connectivity index (χ0v) is 12.4. The summed E-state index contributed by atoms with van der Waals surface area (Å²) in [4.78, 5) is 15.4. The predicted octanol–water partition coefficient (Wildman–Crippen LogP) is 2.61. The Labute approximate surface area is 135 Å². The lowest BCUT2D eigenvalue weighted by Gasteiger charge is -2.23. The van der Waals surface area contributed by atoms with Gasteiger partial charge in [-0.05, 0) is 30.2 Å². The Kier molecular flexibility index (Phi) is 4.15. The van der Waals surface area contributed by atoms with Crippen molar-refractivity contribution in [3.8, 4) is 5.75 Å². The first-order valence-corrected chi connectivity index (χ1v) is 7.19. The average Bonchev–Trinajstić information content (AvgIpc) is 2.54. The second kappa shape index (κ2) is 6.12. The Balaban J connectivity index is 1.78. The minimum atomic E-state index is -4.60. The first kappa shape index (κ1) is 16.3. The molecule has 0 saturated heterocycles. The molecule has 1 aliphatic heterocycles. The Hall–Kier alpha value is -2.61. The summed E-state index contributed by atoms with van der Waals surface area (Å²) in [7, 11) is 0. The van der Waals surface area contributed by atoms with Crippen LogP contribution in [-0.2, 0) is 12.6 Å². The summed E-state index contributed by atoms with van der Waals surface area (Å²) in [5.74, 6) is -0.0458. The topological polar surface area (TPSA) is 77.2 Å². The van der Waals surface area contributed by atoms with Gasteiger partial charge in [0.2, 0.25) is 0 Å². The fourth-order valence-electron chi connectivity index (χ4n) is 2.40. The van der Waals surface area contributed by atoms with Crippen molar-refractivity contribution in [1.82, 2.24) is 4.98 Å². The lowest BCUT2D eigenvalue weighted by molar-refractivity contribution is -0.141. The van der Waals surface area contributed by atoms with Gasteiger partial charge < -0.3 is 15.8 Å². The van der Waals surface area contributed by atoms with E-state index in [1.807, 2.05) is 0 Å². The van der Waals surface area contributed by atoms with Gasteiger partial charge in [0.1, 0.15) is 18.1 Å². The molecule has 126 valence electrons. The molecule has 0 spiro atoms. The van der Waals surface area contributed by atoms with Crippen LogP contribution in [0.5, 0.6) is 5.75 Å². The number of benzene rings is 1. The van der Waals surface area contributed by atoms with Crippen molar-refractivity contribution in [2.75, 3.05) is 11.9 Å². The number of aromatic nitrogens is 1. The number of rotatable bonds is 2. The Morgan fingerprint density at radius 3 is 2.83 bits per heavy atom. The van der Waals surface area contributed by atoms with E-state index in [1.165, 1.54) is 6.07 Å². The van der Waals surface area contributed by atoms with Gasteiger partial charge in [-0.1, -0.05) is 6.07 Å². The number of nitrogens with one attached hydrogen (secondary N) is 1. The molecule has 5 nitrogen and oxygen atoms in total. The molecule has 1 unspecified atom stereocenters. The first-order chi connectivity index (χ1) is 11.3. The number of nitrogens with zero attached hydrogens (tertiary/aromatic N) is 1. The molecule has 8 heteroatoms. The third-order valence-corrected chi connectivity index (χ3v) is 3.57. The molecule has 0 aliphatic carbocycles. The number of hydrogen-bond acceptors (Lipinski definition) is 4. The zero-order chi connectivity index (χ0) is 17.3. The van der Waals surface area contributed by atoms with Crippen LogP contribution >= 0.6 is 0 Å². The minimum Gasteiger partial charge on any atom is -0.492 e. The molecule has 0 fully saturated rings. The number of hydrogen-bond donors (Lipinski definition) is 2. The standard InChI is InChI=1S/C16H14F3N3O2/c17-16(18,19)14-6-10(3-4-21-14)15(23)22-12-2-1-9-5-11(20)8-24-13(9)7-12/h1-4,6-7,11H,5,8,20H2,(H,22,23). The van der Waals surface area contributed by atoms with E-state index < -0.39 is 17.8 Å². The van der Waals surface area contributed by atoms with E-state index in [-0.39, 0.29) is 11.6 Å². The third kappa shape index (κ3) is 3.48. The molecule has 0 saturated carbocycles. The highest BCUT2D eigenvalue weighted by Gasteiger charge is 2.33. The predicted molar refractivity (Wildman–Crippen MR) is 80.8 cm³/mol. The van der Waals surface area contributed by atoms with Gasteiger partial charge >= 0.3 is 6.18 Å². The number of carbonyl (C=O) groups is 1. The summed E-state index contributed by atoms with van der Waals surface area (Å²) in [6, 6.07) is 6.92. The van der Waals surface area contributed by atoms with E-state index in [4.69, 9.17) is 10.5 Å². The van der Waals surface area contributed by atoms with Gasteiger partial charge in [-0.3, -0.25) is 9.78 Å². The number of amides is 1. The molecule has 1 atom stereocenters. The van der Waals surface area contributed by atoms with Crippen LogP contribution in [0.2, 0.25) is 0 Å². The van der Waals surface area contributed by atoms with Crippen molar-refractivity contribution in [2.45, 2.75) is 18.6 Å². The fourth-order valence-corrected chi connectivity index (χ4v) is 2.40. The molecule has 2 heterocycles. The summed E-state index contributed by atoms with van der Waals surface area (Å²) in [6.45, 7) is 0.379. The maximum absolute atomic E-state index is 12.7. The molecular formula is C16H14F3N3O2. The highest BCUT2D eigenvalue weighted by Crippen LogP contribution is 2.29. The van der Waals surface area contributed by atoms with Gasteiger partial charge in [0.15, 0.2) is 0 Å². The number of carbonyl (C=O) groups excluding carboxylic acids is 1. The SMILES string of the molecule is NC1COc2cc(NC(=O)c3ccnc(C(F)(F)F)c3)ccc2C1. The number of anilines is 1. The minimum absolute atomic E-state index is 0.0736. The van der Waals surface area contributed by atoms with Crippen LogP contribution in [0.3, 0.4) is 0 Å². The fraction of sp³-hybridized carbons (Fsp3) is 0.250. The second-order valence-corrected chi connectivity index (χ2v) is 5.48.